The number of likely N-dealkylation sites (tertiary alicyclic amines) is 1. The Labute approximate surface area is 101 Å². The Morgan fingerprint density at radius 1 is 1.24 bits per heavy atom. The van der Waals surface area contributed by atoms with Gasteiger partial charge in [-0.25, -0.2) is 13.2 Å². The Balaban J connectivity index is 1.62. The van der Waals surface area contributed by atoms with Gasteiger partial charge in [-0.3, -0.25) is 0 Å². The Hall–Kier alpha value is -0.780. The van der Waals surface area contributed by atoms with Crippen molar-refractivity contribution in [2.75, 3.05) is 12.3 Å². The molecule has 0 aromatic heterocycles. The third-order valence-corrected chi connectivity index (χ3v) is 6.46. The van der Waals surface area contributed by atoms with Crippen LogP contribution >= 0.6 is 0 Å². The van der Waals surface area contributed by atoms with Gasteiger partial charge in [0, 0.05) is 18.6 Å². The first-order valence-electron chi connectivity index (χ1n) is 6.35. The molecule has 2 bridgehead atoms. The summed E-state index contributed by atoms with van der Waals surface area (Å²) < 4.78 is 23.2. The van der Waals surface area contributed by atoms with Gasteiger partial charge in [-0.1, -0.05) is 12.8 Å². The van der Waals surface area contributed by atoms with Gasteiger partial charge in [0.25, 0.3) is 0 Å². The van der Waals surface area contributed by atoms with E-state index >= 15 is 0 Å². The second-order valence-electron chi connectivity index (χ2n) is 5.42. The number of urea groups is 1. The lowest BCUT2D eigenvalue weighted by Gasteiger charge is -2.28. The Morgan fingerprint density at radius 2 is 1.94 bits per heavy atom. The van der Waals surface area contributed by atoms with E-state index in [1.807, 2.05) is 0 Å². The third-order valence-electron chi connectivity index (χ3n) is 4.25. The van der Waals surface area contributed by atoms with Crippen LogP contribution in [0.25, 0.3) is 0 Å². The maximum absolute atomic E-state index is 12.0. The first-order chi connectivity index (χ1) is 8.06. The van der Waals surface area contributed by atoms with Crippen molar-refractivity contribution in [1.29, 1.82) is 0 Å². The zero-order valence-electron chi connectivity index (χ0n) is 9.76. The Bertz CT molecular complexity index is 428. The van der Waals surface area contributed by atoms with Gasteiger partial charge < -0.3 is 10.2 Å². The van der Waals surface area contributed by atoms with E-state index in [1.54, 1.807) is 4.90 Å². The van der Waals surface area contributed by atoms with Crippen molar-refractivity contribution < 1.29 is 13.2 Å². The van der Waals surface area contributed by atoms with Crippen LogP contribution in [0.3, 0.4) is 0 Å². The number of amides is 2. The van der Waals surface area contributed by atoms with Gasteiger partial charge in [0.05, 0.1) is 11.0 Å². The SMILES string of the molecule is O=C(NC1CCCC1)N1CC2CC1CS2(=O)=O. The number of carbonyl (C=O) groups is 1. The van der Waals surface area contributed by atoms with Crippen LogP contribution in [0.5, 0.6) is 0 Å². The summed E-state index contributed by atoms with van der Waals surface area (Å²) in [5.41, 5.74) is 0. The topological polar surface area (TPSA) is 66.5 Å². The molecule has 3 aliphatic rings. The van der Waals surface area contributed by atoms with Crippen LogP contribution in [0.1, 0.15) is 32.1 Å². The zero-order valence-corrected chi connectivity index (χ0v) is 10.6. The van der Waals surface area contributed by atoms with Crippen LogP contribution in [-0.2, 0) is 9.84 Å². The molecular formula is C11H18N2O3S. The van der Waals surface area contributed by atoms with Crippen molar-refractivity contribution in [2.24, 2.45) is 0 Å². The van der Waals surface area contributed by atoms with E-state index in [9.17, 15) is 13.2 Å². The second kappa shape index (κ2) is 3.86. The van der Waals surface area contributed by atoms with Gasteiger partial charge in [0.2, 0.25) is 0 Å². The van der Waals surface area contributed by atoms with E-state index in [2.05, 4.69) is 5.32 Å². The van der Waals surface area contributed by atoms with E-state index in [-0.39, 0.29) is 23.1 Å². The van der Waals surface area contributed by atoms with Crippen LogP contribution in [0.15, 0.2) is 0 Å². The van der Waals surface area contributed by atoms with Crippen LogP contribution in [0.4, 0.5) is 4.79 Å². The minimum Gasteiger partial charge on any atom is -0.335 e. The fraction of sp³-hybridized carbons (Fsp3) is 0.909. The second-order valence-corrected chi connectivity index (χ2v) is 7.75. The molecule has 3 fully saturated rings. The lowest BCUT2D eigenvalue weighted by molar-refractivity contribution is 0.191. The highest BCUT2D eigenvalue weighted by Crippen LogP contribution is 2.33. The smallest absolute Gasteiger partial charge is 0.317 e. The molecule has 1 aliphatic carbocycles. The van der Waals surface area contributed by atoms with Crippen molar-refractivity contribution >= 4 is 15.9 Å². The molecule has 5 nitrogen and oxygen atoms in total. The van der Waals surface area contributed by atoms with Crippen LogP contribution in [-0.4, -0.2) is 49.0 Å². The largest absolute Gasteiger partial charge is 0.335 e. The average Bonchev–Trinajstić information content (AvgIpc) is 2.90. The normalized spacial score (nSPS) is 35.4. The molecule has 2 atom stereocenters. The lowest BCUT2D eigenvalue weighted by atomic mass is 10.2. The summed E-state index contributed by atoms with van der Waals surface area (Å²) in [5, 5.41) is 2.72. The van der Waals surface area contributed by atoms with Crippen molar-refractivity contribution in [2.45, 2.75) is 49.4 Å². The number of nitrogens with one attached hydrogen (secondary N) is 1. The molecule has 6 heteroatoms. The average molecular weight is 258 g/mol. The Morgan fingerprint density at radius 3 is 2.47 bits per heavy atom. The Kier molecular flexibility index (Phi) is 2.57. The number of hydrogen-bond acceptors (Lipinski definition) is 3. The van der Waals surface area contributed by atoms with Gasteiger partial charge in [0.1, 0.15) is 0 Å². The number of rotatable bonds is 1. The fourth-order valence-corrected chi connectivity index (χ4v) is 5.30. The van der Waals surface area contributed by atoms with Crippen molar-refractivity contribution in [3.8, 4) is 0 Å². The minimum absolute atomic E-state index is 0.0562. The molecular weight excluding hydrogens is 240 g/mol. The molecule has 2 aliphatic heterocycles. The van der Waals surface area contributed by atoms with Crippen LogP contribution in [0, 0.1) is 0 Å². The molecule has 0 radical (unpaired) electrons. The van der Waals surface area contributed by atoms with Gasteiger partial charge in [-0.15, -0.1) is 0 Å². The molecule has 2 unspecified atom stereocenters. The third kappa shape index (κ3) is 1.92. The van der Waals surface area contributed by atoms with Crippen LogP contribution in [0.2, 0.25) is 0 Å². The van der Waals surface area contributed by atoms with E-state index in [0.717, 1.165) is 12.8 Å². The molecule has 96 valence electrons. The number of sulfone groups is 1. The monoisotopic (exact) mass is 258 g/mol. The zero-order chi connectivity index (χ0) is 12.0. The van der Waals surface area contributed by atoms with E-state index < -0.39 is 9.84 Å². The number of nitrogens with zero attached hydrogens (tertiary/aromatic N) is 1. The number of carbonyl (C=O) groups excluding carboxylic acids is 1. The summed E-state index contributed by atoms with van der Waals surface area (Å²) in [6.07, 6.45) is 5.13. The highest BCUT2D eigenvalue weighted by atomic mass is 32.2. The molecule has 1 saturated carbocycles. The molecule has 0 spiro atoms. The van der Waals surface area contributed by atoms with Gasteiger partial charge in [-0.05, 0) is 19.3 Å². The fourth-order valence-electron chi connectivity index (χ4n) is 3.27. The number of hydrogen-bond donors (Lipinski definition) is 1. The molecule has 1 N–H and O–H groups in total. The molecule has 0 aromatic rings. The molecule has 0 aromatic carbocycles. The van der Waals surface area contributed by atoms with Gasteiger partial charge in [0.15, 0.2) is 9.84 Å². The number of fused-ring (bicyclic) bond motifs is 2. The standard InChI is InChI=1S/C11H18N2O3S/c14-11(12-8-3-1-2-4-8)13-6-10-5-9(13)7-17(10,15)16/h8-10H,1-7H2,(H,12,14). The molecule has 2 saturated heterocycles. The summed E-state index contributed by atoms with van der Waals surface area (Å²) in [7, 11) is -2.90. The summed E-state index contributed by atoms with van der Waals surface area (Å²) in [4.78, 5) is 13.7. The highest BCUT2D eigenvalue weighted by molar-refractivity contribution is 7.92. The first kappa shape index (κ1) is 11.3. The molecule has 2 amide bonds. The quantitative estimate of drug-likeness (QED) is 0.745. The summed E-state index contributed by atoms with van der Waals surface area (Å²) in [5.74, 6) is 0.162. The van der Waals surface area contributed by atoms with E-state index in [1.165, 1.54) is 12.8 Å². The predicted octanol–water partition coefficient (Wildman–Crippen LogP) is 0.510. The van der Waals surface area contributed by atoms with Crippen molar-refractivity contribution in [1.82, 2.24) is 10.2 Å². The maximum atomic E-state index is 12.0. The van der Waals surface area contributed by atoms with Crippen molar-refractivity contribution in [3.63, 3.8) is 0 Å². The minimum atomic E-state index is -2.90. The molecule has 17 heavy (non-hydrogen) atoms. The highest BCUT2D eigenvalue weighted by Gasteiger charge is 2.50. The summed E-state index contributed by atoms with van der Waals surface area (Å²) >= 11 is 0. The van der Waals surface area contributed by atoms with Crippen molar-refractivity contribution in [3.05, 3.63) is 0 Å². The summed E-state index contributed by atoms with van der Waals surface area (Å²) in [6.45, 7) is 0.394. The van der Waals surface area contributed by atoms with Gasteiger partial charge in [-0.2, -0.15) is 0 Å². The van der Waals surface area contributed by atoms with E-state index in [4.69, 9.17) is 0 Å². The lowest BCUT2D eigenvalue weighted by Crippen LogP contribution is -2.50. The first-order valence-corrected chi connectivity index (χ1v) is 8.06. The predicted molar refractivity (Wildman–Crippen MR) is 63.5 cm³/mol. The van der Waals surface area contributed by atoms with Crippen LogP contribution < -0.4 is 5.32 Å². The van der Waals surface area contributed by atoms with E-state index in [0.29, 0.717) is 19.0 Å². The van der Waals surface area contributed by atoms with Gasteiger partial charge >= 0.3 is 6.03 Å². The maximum Gasteiger partial charge on any atom is 0.317 e. The molecule has 2 heterocycles. The molecule has 3 rings (SSSR count). The summed E-state index contributed by atoms with van der Waals surface area (Å²) in [6, 6.07) is 0.170.